The summed E-state index contributed by atoms with van der Waals surface area (Å²) < 4.78 is 44.9. The molecule has 1 N–H and O–H groups in total. The lowest BCUT2D eigenvalue weighted by Gasteiger charge is -2.36. The number of halogens is 3. The first-order chi connectivity index (χ1) is 15.2. The molecular formula is C23H20F3N3O3. The molecule has 166 valence electrons. The third kappa shape index (κ3) is 4.44. The zero-order valence-electron chi connectivity index (χ0n) is 17.4. The Kier molecular flexibility index (Phi) is 6.53. The Morgan fingerprint density at radius 3 is 2.44 bits per heavy atom. The van der Waals surface area contributed by atoms with Crippen LogP contribution in [0, 0.1) is 11.3 Å². The van der Waals surface area contributed by atoms with Crippen molar-refractivity contribution in [2.45, 2.75) is 32.5 Å². The lowest BCUT2D eigenvalue weighted by Crippen LogP contribution is -2.48. The minimum absolute atomic E-state index is 0.0192. The quantitative estimate of drug-likeness (QED) is 0.654. The summed E-state index contributed by atoms with van der Waals surface area (Å²) in [5.41, 5.74) is 0.366. The van der Waals surface area contributed by atoms with Gasteiger partial charge in [0.05, 0.1) is 41.1 Å². The summed E-state index contributed by atoms with van der Waals surface area (Å²) in [5, 5.41) is 11.7. The summed E-state index contributed by atoms with van der Waals surface area (Å²) in [6.45, 7) is 3.41. The highest BCUT2D eigenvalue weighted by atomic mass is 19.4. The number of nitrogens with zero attached hydrogens (tertiary/aromatic N) is 2. The van der Waals surface area contributed by atoms with E-state index in [9.17, 15) is 22.8 Å². The summed E-state index contributed by atoms with van der Waals surface area (Å²) in [6, 6.07) is 11.1. The summed E-state index contributed by atoms with van der Waals surface area (Å²) in [7, 11) is 0. The molecule has 1 aliphatic rings. The maximum Gasteiger partial charge on any atom is 0.416 e. The molecule has 0 fully saturated rings. The summed E-state index contributed by atoms with van der Waals surface area (Å²) in [4.78, 5) is 27.0. The van der Waals surface area contributed by atoms with Gasteiger partial charge in [-0.05, 0) is 49.2 Å². The Labute approximate surface area is 182 Å². The van der Waals surface area contributed by atoms with Gasteiger partial charge in [0.1, 0.15) is 0 Å². The van der Waals surface area contributed by atoms with Gasteiger partial charge in [-0.3, -0.25) is 4.90 Å². The summed E-state index contributed by atoms with van der Waals surface area (Å²) in [6.07, 6.45) is -4.40. The van der Waals surface area contributed by atoms with Crippen molar-refractivity contribution in [1.29, 1.82) is 5.26 Å². The van der Waals surface area contributed by atoms with Gasteiger partial charge in [-0.1, -0.05) is 25.1 Å². The molecular weight excluding hydrogens is 423 g/mol. The van der Waals surface area contributed by atoms with E-state index in [1.54, 1.807) is 38.1 Å². The molecule has 1 atom stereocenters. The predicted octanol–water partition coefficient (Wildman–Crippen LogP) is 5.08. The number of hydrogen-bond donors (Lipinski definition) is 1. The molecule has 0 bridgehead atoms. The number of rotatable bonds is 5. The molecule has 0 spiro atoms. The Morgan fingerprint density at radius 2 is 1.88 bits per heavy atom. The summed E-state index contributed by atoms with van der Waals surface area (Å²) >= 11 is 0. The van der Waals surface area contributed by atoms with E-state index in [0.717, 1.165) is 17.0 Å². The average molecular weight is 443 g/mol. The molecule has 6 nitrogen and oxygen atoms in total. The lowest BCUT2D eigenvalue weighted by atomic mass is 9.92. The highest BCUT2D eigenvalue weighted by Gasteiger charge is 2.39. The number of alkyl halides is 3. The zero-order chi connectivity index (χ0) is 23.5. The van der Waals surface area contributed by atoms with Gasteiger partial charge in [0, 0.05) is 5.70 Å². The van der Waals surface area contributed by atoms with Crippen molar-refractivity contribution in [2.24, 2.45) is 0 Å². The van der Waals surface area contributed by atoms with Crippen LogP contribution in [0.3, 0.4) is 0 Å². The second-order valence-corrected chi connectivity index (χ2v) is 6.93. The minimum Gasteiger partial charge on any atom is -0.463 e. The van der Waals surface area contributed by atoms with Crippen molar-refractivity contribution in [1.82, 2.24) is 5.32 Å². The second kappa shape index (κ2) is 9.14. The number of urea groups is 1. The number of carbonyl (C=O) groups excluding carboxylic acids is 2. The van der Waals surface area contributed by atoms with Gasteiger partial charge in [0.25, 0.3) is 0 Å². The van der Waals surface area contributed by atoms with Crippen LogP contribution in [0.15, 0.2) is 59.8 Å². The molecule has 0 saturated carbocycles. The fourth-order valence-electron chi connectivity index (χ4n) is 3.56. The highest BCUT2D eigenvalue weighted by Crippen LogP contribution is 2.38. The zero-order valence-corrected chi connectivity index (χ0v) is 17.4. The van der Waals surface area contributed by atoms with Crippen LogP contribution in [0.1, 0.15) is 43.0 Å². The average Bonchev–Trinajstić information content (AvgIpc) is 2.78. The smallest absolute Gasteiger partial charge is 0.416 e. The molecule has 0 aliphatic carbocycles. The van der Waals surface area contributed by atoms with E-state index in [2.05, 4.69) is 5.32 Å². The van der Waals surface area contributed by atoms with Gasteiger partial charge in [0.15, 0.2) is 0 Å². The first-order valence-corrected chi connectivity index (χ1v) is 9.89. The molecule has 2 amide bonds. The standard InChI is InChI=1S/C23H20F3N3O3/c1-3-18-19(21(30)32-4-2)20(15-10-8-14(13-27)9-11-15)28-22(31)29(18)17-7-5-6-16(12-17)23(24,25)26/h5-12,20H,3-4H2,1-2H3,(H,28,31). The Morgan fingerprint density at radius 1 is 1.19 bits per heavy atom. The van der Waals surface area contributed by atoms with Gasteiger partial charge in [-0.25, -0.2) is 9.59 Å². The van der Waals surface area contributed by atoms with Crippen LogP contribution in [-0.4, -0.2) is 18.6 Å². The van der Waals surface area contributed by atoms with E-state index >= 15 is 0 Å². The molecule has 0 saturated heterocycles. The molecule has 0 radical (unpaired) electrons. The van der Waals surface area contributed by atoms with Gasteiger partial charge in [-0.15, -0.1) is 0 Å². The molecule has 9 heteroatoms. The van der Waals surface area contributed by atoms with E-state index < -0.39 is 29.8 Å². The van der Waals surface area contributed by atoms with Crippen molar-refractivity contribution < 1.29 is 27.5 Å². The third-order valence-corrected chi connectivity index (χ3v) is 4.98. The number of benzene rings is 2. The van der Waals surface area contributed by atoms with Crippen LogP contribution in [-0.2, 0) is 15.7 Å². The van der Waals surface area contributed by atoms with E-state index in [4.69, 9.17) is 10.00 Å². The topological polar surface area (TPSA) is 82.4 Å². The number of allylic oxidation sites excluding steroid dienone is 1. The van der Waals surface area contributed by atoms with Crippen molar-refractivity contribution >= 4 is 17.7 Å². The summed E-state index contributed by atoms with van der Waals surface area (Å²) in [5.74, 6) is -0.685. The largest absolute Gasteiger partial charge is 0.463 e. The van der Waals surface area contributed by atoms with Crippen LogP contribution < -0.4 is 10.2 Å². The predicted molar refractivity (Wildman–Crippen MR) is 110 cm³/mol. The number of nitriles is 1. The molecule has 0 aromatic heterocycles. The van der Waals surface area contributed by atoms with Gasteiger partial charge in [0.2, 0.25) is 0 Å². The van der Waals surface area contributed by atoms with Gasteiger partial charge >= 0.3 is 18.2 Å². The Hall–Kier alpha value is -3.80. The molecule has 1 heterocycles. The maximum absolute atomic E-state index is 13.2. The van der Waals surface area contributed by atoms with Crippen LogP contribution in [0.2, 0.25) is 0 Å². The van der Waals surface area contributed by atoms with E-state index in [1.165, 1.54) is 12.1 Å². The van der Waals surface area contributed by atoms with Crippen LogP contribution in [0.25, 0.3) is 0 Å². The van der Waals surface area contributed by atoms with Gasteiger partial charge in [-0.2, -0.15) is 18.4 Å². The lowest BCUT2D eigenvalue weighted by molar-refractivity contribution is -0.139. The third-order valence-electron chi connectivity index (χ3n) is 4.98. The van der Waals surface area contributed by atoms with Crippen molar-refractivity contribution in [3.63, 3.8) is 0 Å². The number of carbonyl (C=O) groups is 2. The van der Waals surface area contributed by atoms with E-state index in [1.807, 2.05) is 6.07 Å². The molecule has 1 unspecified atom stereocenters. The molecule has 2 aromatic carbocycles. The normalized spacial score (nSPS) is 16.4. The fraction of sp³-hybridized carbons (Fsp3) is 0.261. The second-order valence-electron chi connectivity index (χ2n) is 6.93. The monoisotopic (exact) mass is 443 g/mol. The Balaban J connectivity index is 2.18. The van der Waals surface area contributed by atoms with Crippen LogP contribution in [0.5, 0.6) is 0 Å². The Bertz CT molecular complexity index is 1100. The minimum atomic E-state index is -4.59. The number of anilines is 1. The number of hydrogen-bond acceptors (Lipinski definition) is 4. The first-order valence-electron chi connectivity index (χ1n) is 9.89. The molecule has 2 aromatic rings. The number of ether oxygens (including phenoxy) is 1. The molecule has 1 aliphatic heterocycles. The molecule has 32 heavy (non-hydrogen) atoms. The van der Waals surface area contributed by atoms with E-state index in [-0.39, 0.29) is 30.0 Å². The molecule has 3 rings (SSSR count). The van der Waals surface area contributed by atoms with E-state index in [0.29, 0.717) is 11.1 Å². The maximum atomic E-state index is 13.2. The fourth-order valence-corrected chi connectivity index (χ4v) is 3.56. The number of esters is 1. The van der Waals surface area contributed by atoms with Crippen molar-refractivity contribution in [3.8, 4) is 6.07 Å². The highest BCUT2D eigenvalue weighted by molar-refractivity contribution is 6.03. The SMILES string of the molecule is CCOC(=O)C1=C(CC)N(c2cccc(C(F)(F)F)c2)C(=O)NC1c1ccc(C#N)cc1. The van der Waals surface area contributed by atoms with Crippen molar-refractivity contribution in [2.75, 3.05) is 11.5 Å². The van der Waals surface area contributed by atoms with Crippen LogP contribution >= 0.6 is 0 Å². The number of amides is 2. The van der Waals surface area contributed by atoms with Crippen LogP contribution in [0.4, 0.5) is 23.7 Å². The number of nitrogens with one attached hydrogen (secondary N) is 1. The van der Waals surface area contributed by atoms with Crippen molar-refractivity contribution in [3.05, 3.63) is 76.5 Å². The van der Waals surface area contributed by atoms with Gasteiger partial charge < -0.3 is 10.1 Å². The first kappa shape index (κ1) is 22.9.